The van der Waals surface area contributed by atoms with Gasteiger partial charge in [-0.15, -0.1) is 0 Å². The van der Waals surface area contributed by atoms with Crippen LogP contribution < -0.4 is 0 Å². The molecule has 0 spiro atoms. The molecule has 0 unspecified atom stereocenters. The number of carbonyl (C=O) groups is 3. The predicted molar refractivity (Wildman–Crippen MR) is 85.0 cm³/mol. The number of benzene rings is 2. The third-order valence-corrected chi connectivity index (χ3v) is 3.53. The van der Waals surface area contributed by atoms with E-state index in [0.717, 1.165) is 0 Å². The lowest BCUT2D eigenvalue weighted by Gasteiger charge is -2.14. The molecule has 0 fully saturated rings. The molecule has 0 aliphatic carbocycles. The van der Waals surface area contributed by atoms with Crippen molar-refractivity contribution >= 4 is 17.3 Å². The van der Waals surface area contributed by atoms with Gasteiger partial charge >= 0.3 is 0 Å². The lowest BCUT2D eigenvalue weighted by molar-refractivity contribution is -0.117. The van der Waals surface area contributed by atoms with Gasteiger partial charge in [-0.05, 0) is 13.3 Å². The zero-order valence-electron chi connectivity index (χ0n) is 12.5. The normalized spacial score (nSPS) is 10.5. The average Bonchev–Trinajstić information content (AvgIpc) is 2.56. The molecule has 3 nitrogen and oxygen atoms in total. The number of ketones is 3. The third kappa shape index (κ3) is 3.98. The quantitative estimate of drug-likeness (QED) is 0.577. The highest BCUT2D eigenvalue weighted by Gasteiger charge is 2.28. The minimum absolute atomic E-state index is 0.0216. The van der Waals surface area contributed by atoms with E-state index in [1.165, 1.54) is 6.92 Å². The van der Waals surface area contributed by atoms with Crippen molar-refractivity contribution in [2.75, 3.05) is 0 Å². The minimum atomic E-state index is -0.811. The topological polar surface area (TPSA) is 51.2 Å². The van der Waals surface area contributed by atoms with Gasteiger partial charge in [-0.2, -0.15) is 0 Å². The maximum absolute atomic E-state index is 12.6. The van der Waals surface area contributed by atoms with Gasteiger partial charge in [0, 0.05) is 17.5 Å². The monoisotopic (exact) mass is 294 g/mol. The van der Waals surface area contributed by atoms with Crippen molar-refractivity contribution in [3.63, 3.8) is 0 Å². The minimum Gasteiger partial charge on any atom is -0.300 e. The van der Waals surface area contributed by atoms with E-state index in [-0.39, 0.29) is 30.2 Å². The number of carbonyl (C=O) groups excluding carboxylic acids is 3. The highest BCUT2D eigenvalue weighted by molar-refractivity contribution is 6.16. The Morgan fingerprint density at radius 2 is 1.18 bits per heavy atom. The van der Waals surface area contributed by atoms with Gasteiger partial charge in [-0.1, -0.05) is 60.7 Å². The zero-order valence-corrected chi connectivity index (χ0v) is 12.5. The third-order valence-electron chi connectivity index (χ3n) is 3.53. The van der Waals surface area contributed by atoms with Crippen LogP contribution in [0.3, 0.4) is 0 Å². The summed E-state index contributed by atoms with van der Waals surface area (Å²) in [5.74, 6) is -1.29. The zero-order chi connectivity index (χ0) is 15.9. The van der Waals surface area contributed by atoms with Crippen molar-refractivity contribution in [1.29, 1.82) is 0 Å². The molecular weight excluding hydrogens is 276 g/mol. The molecule has 0 saturated carbocycles. The first-order valence-corrected chi connectivity index (χ1v) is 7.27. The van der Waals surface area contributed by atoms with E-state index >= 15 is 0 Å². The van der Waals surface area contributed by atoms with Gasteiger partial charge in [0.1, 0.15) is 5.78 Å². The molecule has 2 rings (SSSR count). The Hall–Kier alpha value is -2.55. The summed E-state index contributed by atoms with van der Waals surface area (Å²) in [7, 11) is 0. The van der Waals surface area contributed by atoms with E-state index in [0.29, 0.717) is 11.1 Å². The molecule has 112 valence electrons. The molecule has 0 amide bonds. The Balaban J connectivity index is 2.28. The Bertz CT molecular complexity index is 608. The van der Waals surface area contributed by atoms with E-state index < -0.39 is 5.92 Å². The summed E-state index contributed by atoms with van der Waals surface area (Å²) >= 11 is 0. The van der Waals surface area contributed by atoms with Gasteiger partial charge in [-0.3, -0.25) is 9.59 Å². The summed E-state index contributed by atoms with van der Waals surface area (Å²) in [5, 5.41) is 0. The van der Waals surface area contributed by atoms with Crippen molar-refractivity contribution in [2.24, 2.45) is 5.92 Å². The van der Waals surface area contributed by atoms with Crippen LogP contribution in [0.2, 0.25) is 0 Å². The van der Waals surface area contributed by atoms with Crippen LogP contribution in [-0.4, -0.2) is 17.3 Å². The molecule has 0 heterocycles. The van der Waals surface area contributed by atoms with Crippen LogP contribution in [0.4, 0.5) is 0 Å². The highest BCUT2D eigenvalue weighted by atomic mass is 16.2. The number of hydrogen-bond donors (Lipinski definition) is 0. The number of rotatable bonds is 7. The van der Waals surface area contributed by atoms with Crippen LogP contribution in [0, 0.1) is 5.92 Å². The van der Waals surface area contributed by atoms with E-state index in [4.69, 9.17) is 0 Å². The van der Waals surface area contributed by atoms with E-state index in [1.54, 1.807) is 48.5 Å². The molecule has 0 aliphatic heterocycles. The predicted octanol–water partition coefficient (Wildman–Crippen LogP) is 3.74. The first kappa shape index (κ1) is 15.8. The maximum Gasteiger partial charge on any atom is 0.173 e. The highest BCUT2D eigenvalue weighted by Crippen LogP contribution is 2.20. The summed E-state index contributed by atoms with van der Waals surface area (Å²) in [4.78, 5) is 36.5. The number of hydrogen-bond acceptors (Lipinski definition) is 3. The van der Waals surface area contributed by atoms with Crippen LogP contribution >= 0.6 is 0 Å². The Kier molecular flexibility index (Phi) is 5.37. The standard InChI is InChI=1S/C19H18O3/c1-14(20)12-13-17(18(21)15-8-4-2-5-9-15)19(22)16-10-6-3-7-11-16/h2-11,17H,12-13H2,1H3. The Morgan fingerprint density at radius 1 is 0.773 bits per heavy atom. The molecule has 0 bridgehead atoms. The molecule has 0 aliphatic rings. The Labute approximate surface area is 130 Å². The molecule has 0 aromatic heterocycles. The molecule has 0 saturated heterocycles. The molecule has 2 aromatic carbocycles. The smallest absolute Gasteiger partial charge is 0.173 e. The number of Topliss-reactive ketones (excluding diaryl/α,β-unsaturated/α-hetero) is 3. The fraction of sp³-hybridized carbons (Fsp3) is 0.211. The fourth-order valence-corrected chi connectivity index (χ4v) is 2.34. The fourth-order valence-electron chi connectivity index (χ4n) is 2.34. The summed E-state index contributed by atoms with van der Waals surface area (Å²) in [6, 6.07) is 17.5. The second-order valence-corrected chi connectivity index (χ2v) is 5.25. The summed E-state index contributed by atoms with van der Waals surface area (Å²) in [6.45, 7) is 1.47. The SMILES string of the molecule is CC(=O)CCC(C(=O)c1ccccc1)C(=O)c1ccccc1. The summed E-state index contributed by atoms with van der Waals surface area (Å²) in [5.41, 5.74) is 1.00. The second kappa shape index (κ2) is 7.46. The lowest BCUT2D eigenvalue weighted by atomic mass is 9.86. The molecule has 3 heteroatoms. The van der Waals surface area contributed by atoms with Crippen LogP contribution in [0.25, 0.3) is 0 Å². The van der Waals surface area contributed by atoms with Gasteiger partial charge in [-0.25, -0.2) is 0 Å². The van der Waals surface area contributed by atoms with E-state index in [2.05, 4.69) is 0 Å². The molecule has 22 heavy (non-hydrogen) atoms. The molecular formula is C19H18O3. The first-order chi connectivity index (χ1) is 10.6. The average molecular weight is 294 g/mol. The van der Waals surface area contributed by atoms with E-state index in [9.17, 15) is 14.4 Å². The molecule has 0 N–H and O–H groups in total. The maximum atomic E-state index is 12.6. The summed E-state index contributed by atoms with van der Waals surface area (Å²) in [6.07, 6.45) is 0.471. The molecule has 0 radical (unpaired) electrons. The van der Waals surface area contributed by atoms with Gasteiger partial charge in [0.15, 0.2) is 11.6 Å². The lowest BCUT2D eigenvalue weighted by Crippen LogP contribution is -2.25. The Morgan fingerprint density at radius 3 is 1.55 bits per heavy atom. The van der Waals surface area contributed by atoms with Gasteiger partial charge in [0.25, 0.3) is 0 Å². The van der Waals surface area contributed by atoms with Crippen molar-refractivity contribution in [3.05, 3.63) is 71.8 Å². The van der Waals surface area contributed by atoms with E-state index in [1.807, 2.05) is 12.1 Å². The van der Waals surface area contributed by atoms with Gasteiger partial charge in [0.05, 0.1) is 5.92 Å². The van der Waals surface area contributed by atoms with Crippen molar-refractivity contribution in [3.8, 4) is 0 Å². The van der Waals surface area contributed by atoms with Crippen LogP contribution in [0.1, 0.15) is 40.5 Å². The van der Waals surface area contributed by atoms with Crippen LogP contribution in [0.5, 0.6) is 0 Å². The molecule has 0 atom stereocenters. The van der Waals surface area contributed by atoms with Crippen LogP contribution in [-0.2, 0) is 4.79 Å². The van der Waals surface area contributed by atoms with Gasteiger partial charge < -0.3 is 4.79 Å². The largest absolute Gasteiger partial charge is 0.300 e. The van der Waals surface area contributed by atoms with Crippen molar-refractivity contribution in [1.82, 2.24) is 0 Å². The second-order valence-electron chi connectivity index (χ2n) is 5.25. The van der Waals surface area contributed by atoms with Crippen LogP contribution in [0.15, 0.2) is 60.7 Å². The summed E-state index contributed by atoms with van der Waals surface area (Å²) < 4.78 is 0. The van der Waals surface area contributed by atoms with Gasteiger partial charge in [0.2, 0.25) is 0 Å². The van der Waals surface area contributed by atoms with Crippen molar-refractivity contribution in [2.45, 2.75) is 19.8 Å². The van der Waals surface area contributed by atoms with Crippen molar-refractivity contribution < 1.29 is 14.4 Å². The first-order valence-electron chi connectivity index (χ1n) is 7.27. The molecule has 2 aromatic rings.